The highest BCUT2D eigenvalue weighted by atomic mass is 32.2. The van der Waals surface area contributed by atoms with Crippen molar-refractivity contribution >= 4 is 16.0 Å². The van der Waals surface area contributed by atoms with Gasteiger partial charge in [0, 0.05) is 30.4 Å². The van der Waals surface area contributed by atoms with E-state index in [2.05, 4.69) is 9.46 Å². The van der Waals surface area contributed by atoms with Crippen molar-refractivity contribution in [3.63, 3.8) is 0 Å². The number of sulfonamides is 1. The lowest BCUT2D eigenvalue weighted by Gasteiger charge is -2.56. The second-order valence-corrected chi connectivity index (χ2v) is 8.65. The van der Waals surface area contributed by atoms with E-state index < -0.39 is 10.0 Å². The number of ether oxygens (including phenoxy) is 2. The van der Waals surface area contributed by atoms with E-state index in [0.717, 1.165) is 38.7 Å². The van der Waals surface area contributed by atoms with Gasteiger partial charge in [0.1, 0.15) is 0 Å². The van der Waals surface area contributed by atoms with Crippen LogP contribution in [0.1, 0.15) is 44.9 Å². The molecule has 1 heterocycles. The monoisotopic (exact) mass is 331 g/mol. The van der Waals surface area contributed by atoms with E-state index in [1.807, 2.05) is 0 Å². The fourth-order valence-corrected chi connectivity index (χ4v) is 6.06. The summed E-state index contributed by atoms with van der Waals surface area (Å²) in [7, 11) is -2.05. The van der Waals surface area contributed by atoms with Crippen LogP contribution in [0.4, 0.5) is 0 Å². The Morgan fingerprint density at radius 3 is 2.77 bits per heavy atom. The molecule has 22 heavy (non-hydrogen) atoms. The zero-order chi connectivity index (χ0) is 15.8. The number of fused-ring (bicyclic) bond motifs is 2. The van der Waals surface area contributed by atoms with E-state index >= 15 is 0 Å². The number of hydrogen-bond acceptors (Lipinski definition) is 5. The summed E-state index contributed by atoms with van der Waals surface area (Å²) in [6, 6.07) is 0.0191. The number of carbonyl (C=O) groups is 1. The van der Waals surface area contributed by atoms with Gasteiger partial charge < -0.3 is 9.47 Å². The van der Waals surface area contributed by atoms with Crippen LogP contribution in [-0.2, 0) is 24.3 Å². The van der Waals surface area contributed by atoms with E-state index in [1.165, 1.54) is 7.11 Å². The van der Waals surface area contributed by atoms with Gasteiger partial charge in [-0.05, 0) is 25.7 Å². The minimum atomic E-state index is -3.36. The molecule has 3 fully saturated rings. The summed E-state index contributed by atoms with van der Waals surface area (Å²) in [4.78, 5) is 11.1. The molecule has 1 N–H and O–H groups in total. The Morgan fingerprint density at radius 2 is 2.09 bits per heavy atom. The van der Waals surface area contributed by atoms with Crippen LogP contribution in [-0.4, -0.2) is 46.0 Å². The largest absolute Gasteiger partial charge is 0.469 e. The van der Waals surface area contributed by atoms with Gasteiger partial charge in [0.05, 0.1) is 19.0 Å². The van der Waals surface area contributed by atoms with E-state index in [4.69, 9.17) is 4.74 Å². The first-order chi connectivity index (χ1) is 10.5. The van der Waals surface area contributed by atoms with E-state index in [0.29, 0.717) is 12.3 Å². The van der Waals surface area contributed by atoms with Crippen LogP contribution >= 0.6 is 0 Å². The summed E-state index contributed by atoms with van der Waals surface area (Å²) in [5.41, 5.74) is 0.0244. The van der Waals surface area contributed by atoms with Crippen LogP contribution in [0.15, 0.2) is 0 Å². The fourth-order valence-electron chi connectivity index (χ4n) is 4.62. The van der Waals surface area contributed by atoms with Gasteiger partial charge >= 0.3 is 5.97 Å². The lowest BCUT2D eigenvalue weighted by molar-refractivity contribution is -0.140. The fraction of sp³-hybridized carbons (Fsp3) is 0.933. The second kappa shape index (κ2) is 6.09. The molecular formula is C15H25NO5S. The normalized spacial score (nSPS) is 32.7. The third-order valence-electron chi connectivity index (χ3n) is 5.61. The average Bonchev–Trinajstić information content (AvgIpc) is 3.13. The van der Waals surface area contributed by atoms with Gasteiger partial charge in [0.15, 0.2) is 0 Å². The predicted octanol–water partition coefficient (Wildman–Crippen LogP) is 1.21. The molecule has 2 aliphatic carbocycles. The van der Waals surface area contributed by atoms with Crippen LogP contribution in [0.3, 0.4) is 0 Å². The van der Waals surface area contributed by atoms with Crippen molar-refractivity contribution in [2.45, 2.75) is 57.1 Å². The lowest BCUT2D eigenvalue weighted by Crippen LogP contribution is -2.68. The van der Waals surface area contributed by atoms with Crippen molar-refractivity contribution in [1.82, 2.24) is 4.72 Å². The van der Waals surface area contributed by atoms with Crippen molar-refractivity contribution in [2.75, 3.05) is 19.5 Å². The second-order valence-electron chi connectivity index (χ2n) is 6.78. The maximum Gasteiger partial charge on any atom is 0.305 e. The van der Waals surface area contributed by atoms with E-state index in [9.17, 15) is 13.2 Å². The molecule has 126 valence electrons. The molecule has 3 rings (SSSR count). The molecule has 1 aliphatic heterocycles. The minimum Gasteiger partial charge on any atom is -0.469 e. The Balaban J connectivity index is 1.60. The molecule has 0 aromatic heterocycles. The molecule has 7 heteroatoms. The number of nitrogens with one attached hydrogen (secondary N) is 1. The van der Waals surface area contributed by atoms with Crippen LogP contribution in [0.25, 0.3) is 0 Å². The number of rotatable bonds is 6. The van der Waals surface area contributed by atoms with Crippen LogP contribution < -0.4 is 4.72 Å². The molecule has 3 unspecified atom stereocenters. The van der Waals surface area contributed by atoms with Gasteiger partial charge in [-0.25, -0.2) is 13.1 Å². The summed E-state index contributed by atoms with van der Waals surface area (Å²) in [6.45, 7) is 0.748. The molecule has 0 aromatic rings. The third-order valence-corrected chi connectivity index (χ3v) is 7.05. The number of carbonyl (C=O) groups excluding carboxylic acids is 1. The predicted molar refractivity (Wildman–Crippen MR) is 80.7 cm³/mol. The van der Waals surface area contributed by atoms with Crippen molar-refractivity contribution in [3.05, 3.63) is 0 Å². The first-order valence-corrected chi connectivity index (χ1v) is 9.82. The number of methoxy groups -OCH3 is 1. The zero-order valence-electron chi connectivity index (χ0n) is 13.0. The van der Waals surface area contributed by atoms with Gasteiger partial charge in [-0.3, -0.25) is 4.79 Å². The minimum absolute atomic E-state index is 0.0191. The quantitative estimate of drug-likeness (QED) is 0.740. The van der Waals surface area contributed by atoms with Crippen molar-refractivity contribution in [3.8, 4) is 0 Å². The molecular weight excluding hydrogens is 306 g/mol. The topological polar surface area (TPSA) is 81.7 Å². The molecule has 0 amide bonds. The summed E-state index contributed by atoms with van der Waals surface area (Å²) < 4.78 is 38.0. The summed E-state index contributed by atoms with van der Waals surface area (Å²) >= 11 is 0. The Morgan fingerprint density at radius 1 is 1.36 bits per heavy atom. The Kier molecular flexibility index (Phi) is 4.49. The zero-order valence-corrected chi connectivity index (χ0v) is 13.9. The highest BCUT2D eigenvalue weighted by Gasteiger charge is 2.65. The molecule has 0 radical (unpaired) electrons. The third kappa shape index (κ3) is 2.78. The highest BCUT2D eigenvalue weighted by molar-refractivity contribution is 7.89. The van der Waals surface area contributed by atoms with Gasteiger partial charge in [-0.15, -0.1) is 0 Å². The van der Waals surface area contributed by atoms with Crippen molar-refractivity contribution in [2.24, 2.45) is 11.3 Å². The first-order valence-electron chi connectivity index (χ1n) is 8.17. The molecule has 2 saturated carbocycles. The van der Waals surface area contributed by atoms with E-state index in [1.54, 1.807) is 0 Å². The molecule has 1 spiro atoms. The lowest BCUT2D eigenvalue weighted by atomic mass is 9.55. The number of hydrogen-bond donors (Lipinski definition) is 1. The van der Waals surface area contributed by atoms with Crippen LogP contribution in [0, 0.1) is 11.3 Å². The summed E-state index contributed by atoms with van der Waals surface area (Å²) in [5, 5.41) is 0. The Hall–Kier alpha value is -0.660. The van der Waals surface area contributed by atoms with Crippen molar-refractivity contribution < 1.29 is 22.7 Å². The molecule has 0 aromatic carbocycles. The van der Waals surface area contributed by atoms with E-state index in [-0.39, 0.29) is 35.7 Å². The average molecular weight is 331 g/mol. The SMILES string of the molecule is COC(=O)CCCS(=O)(=O)NC1C2CCOC2C12CCCC2. The number of esters is 1. The maximum atomic E-state index is 12.3. The Bertz CT molecular complexity index is 526. The van der Waals surface area contributed by atoms with Gasteiger partial charge in [0.25, 0.3) is 0 Å². The smallest absolute Gasteiger partial charge is 0.305 e. The van der Waals surface area contributed by atoms with Crippen LogP contribution in [0.2, 0.25) is 0 Å². The summed E-state index contributed by atoms with van der Waals surface area (Å²) in [6.07, 6.45) is 6.07. The molecule has 1 saturated heterocycles. The molecule has 6 nitrogen and oxygen atoms in total. The van der Waals surface area contributed by atoms with Gasteiger partial charge in [-0.1, -0.05) is 12.8 Å². The van der Waals surface area contributed by atoms with Crippen molar-refractivity contribution in [1.29, 1.82) is 0 Å². The Labute approximate surface area is 132 Å². The van der Waals surface area contributed by atoms with Gasteiger partial charge in [-0.2, -0.15) is 0 Å². The maximum absolute atomic E-state index is 12.3. The van der Waals surface area contributed by atoms with Crippen LogP contribution in [0.5, 0.6) is 0 Å². The highest BCUT2D eigenvalue weighted by Crippen LogP contribution is 2.60. The molecule has 3 aliphatic rings. The molecule has 0 bridgehead atoms. The molecule has 3 atom stereocenters. The van der Waals surface area contributed by atoms with Gasteiger partial charge in [0.2, 0.25) is 10.0 Å². The first kappa shape index (κ1) is 16.2. The standard InChI is InChI=1S/C15H25NO5S/c1-20-12(17)5-4-10-22(18,19)16-13-11-6-9-21-14(11)15(13)7-2-3-8-15/h11,13-14,16H,2-10H2,1H3. The summed E-state index contributed by atoms with van der Waals surface area (Å²) in [5.74, 6) is -0.0590.